The molecule has 144 valence electrons. The molecule has 0 bridgehead atoms. The van der Waals surface area contributed by atoms with Gasteiger partial charge in [-0.15, -0.1) is 0 Å². The zero-order valence-electron chi connectivity index (χ0n) is 15.9. The molecule has 0 radical (unpaired) electrons. The summed E-state index contributed by atoms with van der Waals surface area (Å²) in [6.07, 6.45) is 2.82. The predicted molar refractivity (Wildman–Crippen MR) is 108 cm³/mol. The lowest BCUT2D eigenvalue weighted by Crippen LogP contribution is -3.15. The molecule has 5 nitrogen and oxygen atoms in total. The van der Waals surface area contributed by atoms with E-state index in [1.165, 1.54) is 23.8 Å². The molecule has 6 heteroatoms. The van der Waals surface area contributed by atoms with E-state index in [-0.39, 0.29) is 5.91 Å². The zero-order chi connectivity index (χ0) is 18.6. The van der Waals surface area contributed by atoms with Crippen LogP contribution < -0.4 is 4.90 Å². The predicted octanol–water partition coefficient (Wildman–Crippen LogP) is 1.54. The highest BCUT2D eigenvalue weighted by Gasteiger charge is 2.27. The molecule has 1 aromatic heterocycles. The second-order valence-corrected chi connectivity index (χ2v) is 8.55. The first-order valence-corrected chi connectivity index (χ1v) is 10.9. The Hall–Kier alpha value is -1.63. The zero-order valence-corrected chi connectivity index (χ0v) is 16.8. The number of carbonyl (C=O) groups excluding carboxylic acids is 1. The Morgan fingerprint density at radius 2 is 2.15 bits per heavy atom. The second kappa shape index (κ2) is 8.59. The van der Waals surface area contributed by atoms with E-state index in [0.717, 1.165) is 49.9 Å². The molecular weight excluding hydrogens is 358 g/mol. The summed E-state index contributed by atoms with van der Waals surface area (Å²) in [7, 11) is 0. The molecular formula is C21H28N3O2S+. The topological polar surface area (TPSA) is 46.9 Å². The van der Waals surface area contributed by atoms with Crippen LogP contribution in [0.3, 0.4) is 0 Å². The Morgan fingerprint density at radius 1 is 1.33 bits per heavy atom. The van der Waals surface area contributed by atoms with Gasteiger partial charge in [0.25, 0.3) is 0 Å². The summed E-state index contributed by atoms with van der Waals surface area (Å²) in [5, 5.41) is 2.11. The summed E-state index contributed by atoms with van der Waals surface area (Å²) in [6, 6.07) is 10.3. The number of fused-ring (bicyclic) bond motifs is 1. The van der Waals surface area contributed by atoms with Gasteiger partial charge in [-0.05, 0) is 37.5 Å². The summed E-state index contributed by atoms with van der Waals surface area (Å²) in [5.74, 6) is 0.690. The first-order valence-electron chi connectivity index (χ1n) is 9.91. The molecule has 0 unspecified atom stereocenters. The van der Waals surface area contributed by atoms with Gasteiger partial charge in [0.1, 0.15) is 12.6 Å². The molecule has 1 atom stereocenters. The third kappa shape index (κ3) is 4.62. The van der Waals surface area contributed by atoms with Gasteiger partial charge in [0.05, 0.1) is 42.5 Å². The van der Waals surface area contributed by atoms with Crippen molar-refractivity contribution in [1.82, 2.24) is 9.88 Å². The molecule has 27 heavy (non-hydrogen) atoms. The number of amides is 1. The maximum atomic E-state index is 12.6. The fourth-order valence-corrected chi connectivity index (χ4v) is 4.90. The van der Waals surface area contributed by atoms with Crippen molar-refractivity contribution in [3.8, 4) is 0 Å². The minimum atomic E-state index is 0.226. The van der Waals surface area contributed by atoms with Crippen LogP contribution in [0.4, 0.5) is 0 Å². The van der Waals surface area contributed by atoms with Crippen molar-refractivity contribution in [2.75, 3.05) is 45.1 Å². The number of hydrogen-bond donors (Lipinski definition) is 1. The number of nitrogens with one attached hydrogen (secondary N) is 1. The van der Waals surface area contributed by atoms with Crippen LogP contribution in [0.1, 0.15) is 18.4 Å². The van der Waals surface area contributed by atoms with Gasteiger partial charge in [0.2, 0.25) is 5.91 Å². The Labute approximate surface area is 165 Å². The van der Waals surface area contributed by atoms with Crippen molar-refractivity contribution in [3.63, 3.8) is 0 Å². The molecule has 2 saturated heterocycles. The number of ether oxygens (including phenoxy) is 1. The van der Waals surface area contributed by atoms with Crippen LogP contribution >= 0.6 is 11.8 Å². The van der Waals surface area contributed by atoms with Crippen molar-refractivity contribution < 1.29 is 14.4 Å². The number of thioether (sulfide) groups is 1. The van der Waals surface area contributed by atoms with E-state index in [2.05, 4.69) is 19.1 Å². The monoisotopic (exact) mass is 386 g/mol. The van der Waals surface area contributed by atoms with Crippen LogP contribution in [-0.2, 0) is 9.53 Å². The van der Waals surface area contributed by atoms with Crippen LogP contribution in [0.5, 0.6) is 0 Å². The molecule has 2 aliphatic heterocycles. The lowest BCUT2D eigenvalue weighted by molar-refractivity contribution is -0.906. The third-order valence-electron chi connectivity index (χ3n) is 5.61. The number of pyridine rings is 1. The van der Waals surface area contributed by atoms with Crippen molar-refractivity contribution in [3.05, 3.63) is 35.9 Å². The van der Waals surface area contributed by atoms with E-state index >= 15 is 0 Å². The SMILES string of the molecule is Cc1cc(SCC(=O)N2CC[NH+](C[C@@H]3CCCO3)CC2)nc2ccccc12. The Kier molecular flexibility index (Phi) is 5.95. The van der Waals surface area contributed by atoms with E-state index in [0.29, 0.717) is 11.9 Å². The highest BCUT2D eigenvalue weighted by molar-refractivity contribution is 7.99. The van der Waals surface area contributed by atoms with Gasteiger partial charge < -0.3 is 14.5 Å². The van der Waals surface area contributed by atoms with Crippen LogP contribution in [0, 0.1) is 6.92 Å². The number of quaternary nitrogens is 1. The number of carbonyl (C=O) groups is 1. The van der Waals surface area contributed by atoms with Crippen LogP contribution in [0.25, 0.3) is 10.9 Å². The molecule has 0 saturated carbocycles. The highest BCUT2D eigenvalue weighted by Crippen LogP contribution is 2.23. The standard InChI is InChI=1S/C21H27N3O2S/c1-16-13-20(22-19-7-3-2-6-18(16)19)27-15-21(25)24-10-8-23(9-11-24)14-17-5-4-12-26-17/h2-3,6-7,13,17H,4-5,8-12,14-15H2,1H3/p+1/t17-/m0/s1. The van der Waals surface area contributed by atoms with Gasteiger partial charge in [-0.1, -0.05) is 30.0 Å². The molecule has 0 spiro atoms. The van der Waals surface area contributed by atoms with E-state index in [9.17, 15) is 4.79 Å². The second-order valence-electron chi connectivity index (χ2n) is 7.55. The molecule has 2 aromatic rings. The maximum Gasteiger partial charge on any atom is 0.233 e. The first kappa shape index (κ1) is 18.7. The summed E-state index contributed by atoms with van der Waals surface area (Å²) in [5.41, 5.74) is 2.21. The summed E-state index contributed by atoms with van der Waals surface area (Å²) in [4.78, 5) is 20.9. The summed E-state index contributed by atoms with van der Waals surface area (Å²) >= 11 is 1.55. The van der Waals surface area contributed by atoms with Gasteiger partial charge in [-0.25, -0.2) is 4.98 Å². The van der Waals surface area contributed by atoms with Gasteiger partial charge in [0.15, 0.2) is 0 Å². The van der Waals surface area contributed by atoms with Crippen LogP contribution in [0.15, 0.2) is 35.4 Å². The van der Waals surface area contributed by atoms with Crippen LogP contribution in [-0.4, -0.2) is 67.0 Å². The van der Waals surface area contributed by atoms with Crippen molar-refractivity contribution in [2.24, 2.45) is 0 Å². The van der Waals surface area contributed by atoms with Gasteiger partial charge in [-0.3, -0.25) is 4.79 Å². The molecule has 0 aliphatic carbocycles. The normalized spacial score (nSPS) is 21.1. The van der Waals surface area contributed by atoms with Crippen molar-refractivity contribution in [2.45, 2.75) is 30.9 Å². The lowest BCUT2D eigenvalue weighted by Gasteiger charge is -2.33. The number of piperazine rings is 1. The van der Waals surface area contributed by atoms with Gasteiger partial charge >= 0.3 is 0 Å². The van der Waals surface area contributed by atoms with Gasteiger partial charge in [-0.2, -0.15) is 0 Å². The molecule has 1 amide bonds. The van der Waals surface area contributed by atoms with Gasteiger partial charge in [0, 0.05) is 12.0 Å². The number of aryl methyl sites for hydroxylation is 1. The molecule has 2 aliphatic rings. The number of rotatable bonds is 5. The molecule has 2 fully saturated rings. The summed E-state index contributed by atoms with van der Waals surface area (Å²) in [6.45, 7) is 7.88. The van der Waals surface area contributed by atoms with E-state index < -0.39 is 0 Å². The minimum Gasteiger partial charge on any atom is -0.372 e. The first-order chi connectivity index (χ1) is 13.2. The Morgan fingerprint density at radius 3 is 2.93 bits per heavy atom. The highest BCUT2D eigenvalue weighted by atomic mass is 32.2. The average molecular weight is 387 g/mol. The number of aromatic nitrogens is 1. The van der Waals surface area contributed by atoms with E-state index in [4.69, 9.17) is 9.72 Å². The Bertz CT molecular complexity index is 799. The Balaban J connectivity index is 1.27. The lowest BCUT2D eigenvalue weighted by atomic mass is 10.1. The maximum absolute atomic E-state index is 12.6. The molecule has 4 rings (SSSR count). The molecule has 3 heterocycles. The smallest absolute Gasteiger partial charge is 0.233 e. The quantitative estimate of drug-likeness (QED) is 0.792. The van der Waals surface area contributed by atoms with Crippen LogP contribution in [0.2, 0.25) is 0 Å². The van der Waals surface area contributed by atoms with Crippen molar-refractivity contribution >= 4 is 28.6 Å². The van der Waals surface area contributed by atoms with E-state index in [1.807, 2.05) is 23.1 Å². The number of benzene rings is 1. The average Bonchev–Trinajstić information content (AvgIpc) is 3.20. The number of hydrogen-bond acceptors (Lipinski definition) is 4. The fourth-order valence-electron chi connectivity index (χ4n) is 4.02. The summed E-state index contributed by atoms with van der Waals surface area (Å²) < 4.78 is 5.75. The largest absolute Gasteiger partial charge is 0.372 e. The van der Waals surface area contributed by atoms with E-state index in [1.54, 1.807) is 16.7 Å². The fraction of sp³-hybridized carbons (Fsp3) is 0.524. The minimum absolute atomic E-state index is 0.226. The number of para-hydroxylation sites is 1. The number of nitrogens with zero attached hydrogens (tertiary/aromatic N) is 2. The third-order valence-corrected chi connectivity index (χ3v) is 6.50. The van der Waals surface area contributed by atoms with Crippen molar-refractivity contribution in [1.29, 1.82) is 0 Å². The molecule has 1 N–H and O–H groups in total. The molecule has 1 aromatic carbocycles.